The molecule has 3 rings (SSSR count). The van der Waals surface area contributed by atoms with Gasteiger partial charge in [-0.2, -0.15) is 0 Å². The lowest BCUT2D eigenvalue weighted by molar-refractivity contribution is -0.276. The van der Waals surface area contributed by atoms with Gasteiger partial charge in [-0.25, -0.2) is 9.59 Å². The summed E-state index contributed by atoms with van der Waals surface area (Å²) in [4.78, 5) is 24.8. The van der Waals surface area contributed by atoms with Gasteiger partial charge in [0.05, 0.1) is 17.2 Å². The minimum absolute atomic E-state index is 0.270. The van der Waals surface area contributed by atoms with Crippen molar-refractivity contribution in [3.8, 4) is 0 Å². The van der Waals surface area contributed by atoms with Gasteiger partial charge in [0.15, 0.2) is 18.5 Å². The molecule has 0 spiro atoms. The molecule has 0 saturated carbocycles. The Balaban J connectivity index is 1.80. The van der Waals surface area contributed by atoms with Crippen LogP contribution in [0.4, 0.5) is 0 Å². The summed E-state index contributed by atoms with van der Waals surface area (Å²) in [6, 6.07) is 16.5. The number of esters is 2. The highest BCUT2D eigenvalue weighted by Crippen LogP contribution is 2.26. The van der Waals surface area contributed by atoms with Crippen LogP contribution in [-0.4, -0.2) is 52.9 Å². The first kappa shape index (κ1) is 19.0. The fourth-order valence-electron chi connectivity index (χ4n) is 2.83. The monoisotopic (exact) mass is 372 g/mol. The number of hydrogen-bond acceptors (Lipinski definition) is 7. The third-order valence-electron chi connectivity index (χ3n) is 4.27. The molecule has 0 radical (unpaired) electrons. The summed E-state index contributed by atoms with van der Waals surface area (Å²) in [5.74, 6) is -1.36. The summed E-state index contributed by atoms with van der Waals surface area (Å²) in [7, 11) is 0. The molecule has 27 heavy (non-hydrogen) atoms. The molecule has 0 aromatic heterocycles. The van der Waals surface area contributed by atoms with Crippen LogP contribution in [0.15, 0.2) is 60.7 Å². The minimum atomic E-state index is -1.57. The maximum Gasteiger partial charge on any atom is 0.338 e. The Bertz CT molecular complexity index is 777. The van der Waals surface area contributed by atoms with Crippen molar-refractivity contribution >= 4 is 11.9 Å². The summed E-state index contributed by atoms with van der Waals surface area (Å²) in [6.45, 7) is 1.56. The van der Waals surface area contributed by atoms with Gasteiger partial charge in [0.1, 0.15) is 6.10 Å². The molecule has 0 aliphatic carbocycles. The fourth-order valence-corrected chi connectivity index (χ4v) is 2.83. The lowest BCUT2D eigenvalue weighted by Crippen LogP contribution is -2.59. The molecule has 1 saturated heterocycles. The van der Waals surface area contributed by atoms with E-state index in [1.165, 1.54) is 0 Å². The van der Waals surface area contributed by atoms with Crippen LogP contribution < -0.4 is 0 Å². The van der Waals surface area contributed by atoms with Crippen LogP contribution in [0.1, 0.15) is 27.6 Å². The summed E-state index contributed by atoms with van der Waals surface area (Å²) in [6.07, 6.45) is -6.32. The molecule has 0 bridgehead atoms. The van der Waals surface area contributed by atoms with Gasteiger partial charge in [-0.05, 0) is 31.2 Å². The molecule has 7 heteroatoms. The Morgan fingerprint density at radius 3 is 1.74 bits per heavy atom. The summed E-state index contributed by atoms with van der Waals surface area (Å²) in [5.41, 5.74) is 0.574. The number of carbonyl (C=O) groups is 2. The van der Waals surface area contributed by atoms with Crippen molar-refractivity contribution in [2.45, 2.75) is 37.6 Å². The van der Waals surface area contributed by atoms with E-state index in [4.69, 9.17) is 14.2 Å². The van der Waals surface area contributed by atoms with Gasteiger partial charge < -0.3 is 24.4 Å². The van der Waals surface area contributed by atoms with Gasteiger partial charge in [-0.15, -0.1) is 0 Å². The lowest BCUT2D eigenvalue weighted by Gasteiger charge is -2.40. The second-order valence-corrected chi connectivity index (χ2v) is 6.19. The zero-order chi connectivity index (χ0) is 19.4. The zero-order valence-electron chi connectivity index (χ0n) is 14.6. The van der Waals surface area contributed by atoms with Crippen LogP contribution in [-0.2, 0) is 14.2 Å². The molecular weight excluding hydrogens is 352 g/mol. The van der Waals surface area contributed by atoms with Crippen molar-refractivity contribution in [3.63, 3.8) is 0 Å². The maximum atomic E-state index is 12.4. The normalized spacial score (nSPS) is 27.6. The smallest absolute Gasteiger partial charge is 0.338 e. The molecule has 2 N–H and O–H groups in total. The molecular formula is C20H20O7. The Morgan fingerprint density at radius 1 is 0.815 bits per heavy atom. The van der Waals surface area contributed by atoms with E-state index >= 15 is 0 Å². The predicted octanol–water partition coefficient (Wildman–Crippen LogP) is 1.54. The first-order chi connectivity index (χ1) is 13.0. The number of aliphatic hydroxyl groups excluding tert-OH is 2. The molecule has 7 nitrogen and oxygen atoms in total. The molecule has 1 aliphatic rings. The molecule has 2 aromatic rings. The first-order valence-electron chi connectivity index (χ1n) is 8.51. The molecule has 0 amide bonds. The van der Waals surface area contributed by atoms with Crippen LogP contribution in [0.25, 0.3) is 0 Å². The molecule has 1 aliphatic heterocycles. The third kappa shape index (κ3) is 4.33. The van der Waals surface area contributed by atoms with E-state index in [2.05, 4.69) is 0 Å². The quantitative estimate of drug-likeness (QED) is 0.785. The van der Waals surface area contributed by atoms with Gasteiger partial charge in [0.2, 0.25) is 0 Å². The van der Waals surface area contributed by atoms with Crippen LogP contribution in [0.2, 0.25) is 0 Å². The van der Waals surface area contributed by atoms with E-state index in [1.807, 2.05) is 0 Å². The number of benzene rings is 2. The van der Waals surface area contributed by atoms with Gasteiger partial charge >= 0.3 is 11.9 Å². The lowest BCUT2D eigenvalue weighted by atomic mass is 9.99. The van der Waals surface area contributed by atoms with Crippen LogP contribution in [0.3, 0.4) is 0 Å². The van der Waals surface area contributed by atoms with Crippen molar-refractivity contribution in [1.29, 1.82) is 0 Å². The van der Waals surface area contributed by atoms with Crippen molar-refractivity contribution in [3.05, 3.63) is 71.8 Å². The first-order valence-corrected chi connectivity index (χ1v) is 8.51. The number of hydrogen-bond donors (Lipinski definition) is 2. The molecule has 1 fully saturated rings. The van der Waals surface area contributed by atoms with E-state index in [0.717, 1.165) is 0 Å². The highest BCUT2D eigenvalue weighted by atomic mass is 16.7. The van der Waals surface area contributed by atoms with Gasteiger partial charge in [-0.1, -0.05) is 36.4 Å². The van der Waals surface area contributed by atoms with E-state index in [0.29, 0.717) is 5.56 Å². The maximum absolute atomic E-state index is 12.4. The Hall–Kier alpha value is -2.74. The van der Waals surface area contributed by atoms with E-state index in [1.54, 1.807) is 67.6 Å². The fraction of sp³-hybridized carbons (Fsp3) is 0.300. The van der Waals surface area contributed by atoms with E-state index in [9.17, 15) is 19.8 Å². The van der Waals surface area contributed by atoms with Gasteiger partial charge in [0, 0.05) is 0 Å². The minimum Gasteiger partial charge on any atom is -0.452 e. The van der Waals surface area contributed by atoms with Crippen LogP contribution >= 0.6 is 0 Å². The predicted molar refractivity (Wildman–Crippen MR) is 93.9 cm³/mol. The molecule has 5 atom stereocenters. The SMILES string of the molecule is C[C@@H]1O[C@H](O)[C@H](O)[C@H](OC(=O)c2ccccc2)[C@H]1OC(=O)c1ccccc1. The summed E-state index contributed by atoms with van der Waals surface area (Å²) >= 11 is 0. The average Bonchev–Trinajstić information content (AvgIpc) is 2.69. The summed E-state index contributed by atoms with van der Waals surface area (Å²) < 4.78 is 16.0. The standard InChI is InChI=1S/C20H20O7/c1-12-16(26-18(22)13-8-4-2-5-9-13)17(15(21)20(24)25-12)27-19(23)14-10-6-3-7-11-14/h2-12,15-17,20-21,24H,1H3/t12-,15+,16-,17-,20-/m0/s1. The molecule has 1 heterocycles. The zero-order valence-corrected chi connectivity index (χ0v) is 14.6. The number of carbonyl (C=O) groups excluding carboxylic acids is 2. The molecule has 2 aromatic carbocycles. The van der Waals surface area contributed by atoms with Crippen molar-refractivity contribution < 1.29 is 34.0 Å². The van der Waals surface area contributed by atoms with Crippen molar-refractivity contribution in [2.75, 3.05) is 0 Å². The molecule has 0 unspecified atom stereocenters. The van der Waals surface area contributed by atoms with Gasteiger partial charge in [-0.3, -0.25) is 0 Å². The third-order valence-corrected chi connectivity index (χ3v) is 4.27. The van der Waals surface area contributed by atoms with E-state index in [-0.39, 0.29) is 5.56 Å². The van der Waals surface area contributed by atoms with Crippen LogP contribution in [0, 0.1) is 0 Å². The Labute approximate surface area is 156 Å². The topological polar surface area (TPSA) is 102 Å². The Kier molecular flexibility index (Phi) is 5.85. The second kappa shape index (κ2) is 8.30. The average molecular weight is 372 g/mol. The largest absolute Gasteiger partial charge is 0.452 e. The van der Waals surface area contributed by atoms with Crippen molar-refractivity contribution in [2.24, 2.45) is 0 Å². The molecule has 142 valence electrons. The van der Waals surface area contributed by atoms with Gasteiger partial charge in [0.25, 0.3) is 0 Å². The second-order valence-electron chi connectivity index (χ2n) is 6.19. The Morgan fingerprint density at radius 2 is 1.26 bits per heavy atom. The number of ether oxygens (including phenoxy) is 3. The van der Waals surface area contributed by atoms with Crippen LogP contribution in [0.5, 0.6) is 0 Å². The number of rotatable bonds is 4. The van der Waals surface area contributed by atoms with Crippen molar-refractivity contribution in [1.82, 2.24) is 0 Å². The summed E-state index contributed by atoms with van der Waals surface area (Å²) in [5, 5.41) is 20.1. The highest BCUT2D eigenvalue weighted by molar-refractivity contribution is 5.90. The highest BCUT2D eigenvalue weighted by Gasteiger charge is 2.47. The number of aliphatic hydroxyl groups is 2. The van der Waals surface area contributed by atoms with E-state index < -0.39 is 42.6 Å².